The molecule has 1 amide bonds. The molecule has 0 spiro atoms. The molecule has 0 aliphatic rings. The number of carbonyl (C=O) groups excluding carboxylic acids is 1. The van der Waals surface area contributed by atoms with Crippen LogP contribution in [-0.4, -0.2) is 20.3 Å². The Hall–Kier alpha value is -3.19. The number of fused-ring (bicyclic) bond motifs is 1. The summed E-state index contributed by atoms with van der Waals surface area (Å²) in [5.74, 6) is 0.220. The molecule has 6 nitrogen and oxygen atoms in total. The highest BCUT2D eigenvalue weighted by atomic mass is 32.1. The third-order valence-electron chi connectivity index (χ3n) is 4.32. The Bertz CT molecular complexity index is 1170. The van der Waals surface area contributed by atoms with Gasteiger partial charge in [-0.3, -0.25) is 14.3 Å². The molecule has 130 valence electrons. The maximum atomic E-state index is 12.7. The first-order valence-electron chi connectivity index (χ1n) is 8.05. The number of para-hydroxylation sites is 1. The number of carbonyl (C=O) groups is 1. The van der Waals surface area contributed by atoms with Crippen molar-refractivity contribution in [1.29, 1.82) is 0 Å². The Kier molecular flexibility index (Phi) is 3.93. The van der Waals surface area contributed by atoms with Gasteiger partial charge in [-0.1, -0.05) is 18.2 Å². The number of thiazole rings is 1. The standard InChI is InChI=1S/C19H16N4O2S/c1-12-17(22(2)23(19(12)25)14-6-4-3-5-7-14)21-18(24)13-8-9-15-16(10-13)26-11-20-15/h3-11H,1-2H3,(H,21,24). The summed E-state index contributed by atoms with van der Waals surface area (Å²) in [7, 11) is 1.75. The highest BCUT2D eigenvalue weighted by molar-refractivity contribution is 7.16. The third-order valence-corrected chi connectivity index (χ3v) is 5.11. The summed E-state index contributed by atoms with van der Waals surface area (Å²) in [6, 6.07) is 14.7. The van der Waals surface area contributed by atoms with Gasteiger partial charge in [0.15, 0.2) is 0 Å². The minimum Gasteiger partial charge on any atom is -0.306 e. The number of nitrogens with zero attached hydrogens (tertiary/aromatic N) is 3. The number of benzene rings is 2. The van der Waals surface area contributed by atoms with Gasteiger partial charge in [0.1, 0.15) is 5.82 Å². The predicted octanol–water partition coefficient (Wildman–Crippen LogP) is 3.35. The van der Waals surface area contributed by atoms with E-state index < -0.39 is 0 Å². The zero-order valence-electron chi connectivity index (χ0n) is 14.3. The fraction of sp³-hybridized carbons (Fsp3) is 0.105. The van der Waals surface area contributed by atoms with E-state index in [-0.39, 0.29) is 11.5 Å². The first-order chi connectivity index (χ1) is 12.6. The van der Waals surface area contributed by atoms with Gasteiger partial charge in [0.2, 0.25) is 0 Å². The second kappa shape index (κ2) is 6.27. The van der Waals surface area contributed by atoms with Gasteiger partial charge < -0.3 is 5.32 Å². The first kappa shape index (κ1) is 16.3. The lowest BCUT2D eigenvalue weighted by Gasteiger charge is -2.11. The SMILES string of the molecule is Cc1c(NC(=O)c2ccc3ncsc3c2)n(C)n(-c2ccccc2)c1=O. The molecule has 26 heavy (non-hydrogen) atoms. The summed E-state index contributed by atoms with van der Waals surface area (Å²) in [6.45, 7) is 1.71. The largest absolute Gasteiger partial charge is 0.306 e. The normalized spacial score (nSPS) is 11.0. The molecule has 0 aliphatic carbocycles. The van der Waals surface area contributed by atoms with Crippen LogP contribution in [0.3, 0.4) is 0 Å². The summed E-state index contributed by atoms with van der Waals surface area (Å²) >= 11 is 1.48. The molecule has 7 heteroatoms. The maximum Gasteiger partial charge on any atom is 0.276 e. The second-order valence-corrected chi connectivity index (χ2v) is 6.83. The summed E-state index contributed by atoms with van der Waals surface area (Å²) in [6.07, 6.45) is 0. The highest BCUT2D eigenvalue weighted by Crippen LogP contribution is 2.21. The van der Waals surface area contributed by atoms with Gasteiger partial charge >= 0.3 is 0 Å². The van der Waals surface area contributed by atoms with Crippen molar-refractivity contribution in [2.24, 2.45) is 7.05 Å². The van der Waals surface area contributed by atoms with Gasteiger partial charge in [-0.15, -0.1) is 11.3 Å². The molecule has 0 atom stereocenters. The van der Waals surface area contributed by atoms with Crippen molar-refractivity contribution in [3.8, 4) is 5.69 Å². The molecule has 0 saturated heterocycles. The average Bonchev–Trinajstić information content (AvgIpc) is 3.20. The Morgan fingerprint density at radius 2 is 1.92 bits per heavy atom. The fourth-order valence-electron chi connectivity index (χ4n) is 2.95. The Labute approximate surface area is 153 Å². The number of hydrogen-bond donors (Lipinski definition) is 1. The van der Waals surface area contributed by atoms with E-state index >= 15 is 0 Å². The van der Waals surface area contributed by atoms with Crippen LogP contribution in [-0.2, 0) is 7.05 Å². The summed E-state index contributed by atoms with van der Waals surface area (Å²) in [5, 5.41) is 2.87. The topological polar surface area (TPSA) is 68.9 Å². The van der Waals surface area contributed by atoms with Gasteiger partial charge in [-0.2, -0.15) is 0 Å². The second-order valence-electron chi connectivity index (χ2n) is 5.94. The quantitative estimate of drug-likeness (QED) is 0.606. The van der Waals surface area contributed by atoms with Gasteiger partial charge in [-0.25, -0.2) is 9.67 Å². The van der Waals surface area contributed by atoms with Crippen molar-refractivity contribution in [3.05, 3.63) is 75.5 Å². The Morgan fingerprint density at radius 1 is 1.15 bits per heavy atom. The molecule has 1 N–H and O–H groups in total. The molecule has 4 aromatic rings. The molecule has 2 aromatic carbocycles. The predicted molar refractivity (Wildman–Crippen MR) is 103 cm³/mol. The zero-order chi connectivity index (χ0) is 18.3. The number of amides is 1. The van der Waals surface area contributed by atoms with Crippen molar-refractivity contribution in [2.45, 2.75) is 6.92 Å². The van der Waals surface area contributed by atoms with E-state index in [0.29, 0.717) is 16.9 Å². The van der Waals surface area contributed by atoms with Crippen LogP contribution in [0.4, 0.5) is 5.82 Å². The highest BCUT2D eigenvalue weighted by Gasteiger charge is 2.18. The van der Waals surface area contributed by atoms with Crippen LogP contribution in [0.2, 0.25) is 0 Å². The average molecular weight is 364 g/mol. The zero-order valence-corrected chi connectivity index (χ0v) is 15.1. The molecular formula is C19H16N4O2S. The van der Waals surface area contributed by atoms with E-state index in [1.54, 1.807) is 30.2 Å². The van der Waals surface area contributed by atoms with Crippen LogP contribution in [0.5, 0.6) is 0 Å². The van der Waals surface area contributed by atoms with Crippen molar-refractivity contribution in [1.82, 2.24) is 14.3 Å². The van der Waals surface area contributed by atoms with Crippen LogP contribution in [0.1, 0.15) is 15.9 Å². The number of aromatic nitrogens is 3. The van der Waals surface area contributed by atoms with E-state index in [4.69, 9.17) is 0 Å². The van der Waals surface area contributed by atoms with Crippen molar-refractivity contribution in [3.63, 3.8) is 0 Å². The van der Waals surface area contributed by atoms with Gasteiger partial charge in [0, 0.05) is 12.6 Å². The van der Waals surface area contributed by atoms with Crippen LogP contribution in [0.15, 0.2) is 58.8 Å². The summed E-state index contributed by atoms with van der Waals surface area (Å²) < 4.78 is 4.15. The van der Waals surface area contributed by atoms with E-state index in [9.17, 15) is 9.59 Å². The molecule has 2 heterocycles. The molecule has 0 fully saturated rings. The van der Waals surface area contributed by atoms with Crippen LogP contribution >= 0.6 is 11.3 Å². The maximum absolute atomic E-state index is 12.7. The smallest absolute Gasteiger partial charge is 0.276 e. The minimum atomic E-state index is -0.260. The molecule has 0 saturated carbocycles. The molecule has 0 bridgehead atoms. The van der Waals surface area contributed by atoms with Crippen LogP contribution < -0.4 is 10.9 Å². The molecule has 2 aromatic heterocycles. The van der Waals surface area contributed by atoms with Gasteiger partial charge in [-0.05, 0) is 37.3 Å². The third kappa shape index (κ3) is 2.62. The molecule has 4 rings (SSSR count). The van der Waals surface area contributed by atoms with Crippen molar-refractivity contribution < 1.29 is 4.79 Å². The molecule has 0 unspecified atom stereocenters. The molecule has 0 aliphatic heterocycles. The van der Waals surface area contributed by atoms with Crippen molar-refractivity contribution >= 4 is 33.3 Å². The van der Waals surface area contributed by atoms with E-state index in [1.165, 1.54) is 16.0 Å². The monoisotopic (exact) mass is 364 g/mol. The Morgan fingerprint density at radius 3 is 2.69 bits per heavy atom. The Balaban J connectivity index is 1.72. The number of nitrogens with one attached hydrogen (secondary N) is 1. The summed E-state index contributed by atoms with van der Waals surface area (Å²) in [4.78, 5) is 29.6. The van der Waals surface area contributed by atoms with E-state index in [2.05, 4.69) is 10.3 Å². The van der Waals surface area contributed by atoms with Crippen LogP contribution in [0, 0.1) is 6.92 Å². The van der Waals surface area contributed by atoms with E-state index in [1.807, 2.05) is 42.5 Å². The number of anilines is 1. The van der Waals surface area contributed by atoms with Gasteiger partial charge in [0.05, 0.1) is 27.0 Å². The lowest BCUT2D eigenvalue weighted by Crippen LogP contribution is -2.20. The van der Waals surface area contributed by atoms with Gasteiger partial charge in [0.25, 0.3) is 11.5 Å². The lowest BCUT2D eigenvalue weighted by atomic mass is 10.2. The lowest BCUT2D eigenvalue weighted by molar-refractivity contribution is 0.102. The molecular weight excluding hydrogens is 348 g/mol. The first-order valence-corrected chi connectivity index (χ1v) is 8.93. The van der Waals surface area contributed by atoms with Crippen molar-refractivity contribution in [2.75, 3.05) is 5.32 Å². The van der Waals surface area contributed by atoms with E-state index in [0.717, 1.165) is 15.9 Å². The van der Waals surface area contributed by atoms with Crippen LogP contribution in [0.25, 0.3) is 15.9 Å². The summed E-state index contributed by atoms with van der Waals surface area (Å²) in [5.41, 5.74) is 4.22. The minimum absolute atomic E-state index is 0.160. The molecule has 0 radical (unpaired) electrons. The number of hydrogen-bond acceptors (Lipinski definition) is 4. The fourth-order valence-corrected chi connectivity index (χ4v) is 3.67. The number of rotatable bonds is 3.